The lowest BCUT2D eigenvalue weighted by Crippen LogP contribution is -2.47. The van der Waals surface area contributed by atoms with Crippen molar-refractivity contribution in [2.75, 3.05) is 11.9 Å². The third-order valence-electron chi connectivity index (χ3n) is 5.96. The predicted octanol–water partition coefficient (Wildman–Crippen LogP) is 4.72. The first-order valence-electron chi connectivity index (χ1n) is 10.5. The second kappa shape index (κ2) is 9.04. The Hall–Kier alpha value is -2.32. The van der Waals surface area contributed by atoms with Gasteiger partial charge in [0.2, 0.25) is 5.91 Å². The molecule has 1 fully saturated rings. The van der Waals surface area contributed by atoms with Crippen molar-refractivity contribution >= 4 is 45.7 Å². The van der Waals surface area contributed by atoms with Gasteiger partial charge >= 0.3 is 0 Å². The molecule has 2 heterocycles. The molecular formula is C22H23ClFN3O3S. The zero-order chi connectivity index (χ0) is 22.1. The normalized spacial score (nSPS) is 21.0. The standard InChI is InChI=1S/C22H23ClFN3O3S/c1-2-13-6-3-4-9-27(13)21(30)12-10-16-19(17(28)11-12)31-22(25-16)26-20(29)18-14(23)7-5-8-15(18)24/h5,7-8,12-13H,2-4,6,9-11H2,1H3,(H,25,26,29)/t12-,13-/m0/s1. The van der Waals surface area contributed by atoms with E-state index in [2.05, 4.69) is 17.2 Å². The van der Waals surface area contributed by atoms with Gasteiger partial charge in [0.25, 0.3) is 5.91 Å². The van der Waals surface area contributed by atoms with Crippen molar-refractivity contribution in [1.29, 1.82) is 0 Å². The van der Waals surface area contributed by atoms with Crippen LogP contribution in [0.1, 0.15) is 64.8 Å². The van der Waals surface area contributed by atoms with Crippen molar-refractivity contribution in [3.8, 4) is 0 Å². The van der Waals surface area contributed by atoms with Crippen LogP contribution in [-0.2, 0) is 11.2 Å². The van der Waals surface area contributed by atoms with Crippen molar-refractivity contribution in [2.45, 2.75) is 51.5 Å². The van der Waals surface area contributed by atoms with E-state index < -0.39 is 17.6 Å². The minimum atomic E-state index is -0.736. The highest BCUT2D eigenvalue weighted by Crippen LogP contribution is 2.34. The van der Waals surface area contributed by atoms with Crippen LogP contribution in [0.4, 0.5) is 9.52 Å². The molecule has 164 valence electrons. The number of fused-ring (bicyclic) bond motifs is 1. The van der Waals surface area contributed by atoms with Crippen LogP contribution in [0.25, 0.3) is 0 Å². The van der Waals surface area contributed by atoms with Crippen LogP contribution in [0.3, 0.4) is 0 Å². The highest BCUT2D eigenvalue weighted by molar-refractivity contribution is 7.17. The molecule has 0 radical (unpaired) electrons. The van der Waals surface area contributed by atoms with Crippen LogP contribution in [0.2, 0.25) is 5.02 Å². The van der Waals surface area contributed by atoms with Gasteiger partial charge in [-0.05, 0) is 37.8 Å². The summed E-state index contributed by atoms with van der Waals surface area (Å²) < 4.78 is 14.0. The van der Waals surface area contributed by atoms with Gasteiger partial charge in [-0.3, -0.25) is 19.7 Å². The molecule has 2 aliphatic rings. The number of hydrogen-bond acceptors (Lipinski definition) is 5. The number of halogens is 2. The second-order valence-electron chi connectivity index (χ2n) is 7.96. The van der Waals surface area contributed by atoms with Gasteiger partial charge in [-0.25, -0.2) is 9.37 Å². The molecule has 2 amide bonds. The van der Waals surface area contributed by atoms with E-state index in [1.807, 2.05) is 4.90 Å². The summed E-state index contributed by atoms with van der Waals surface area (Å²) >= 11 is 7.00. The van der Waals surface area contributed by atoms with E-state index >= 15 is 0 Å². The monoisotopic (exact) mass is 463 g/mol. The van der Waals surface area contributed by atoms with E-state index in [9.17, 15) is 18.8 Å². The summed E-state index contributed by atoms with van der Waals surface area (Å²) in [5.41, 5.74) is 0.243. The van der Waals surface area contributed by atoms with Crippen LogP contribution < -0.4 is 5.32 Å². The maximum absolute atomic E-state index is 14.0. The third kappa shape index (κ3) is 4.36. The first kappa shape index (κ1) is 21.9. The Kier molecular flexibility index (Phi) is 6.39. The highest BCUT2D eigenvalue weighted by Gasteiger charge is 2.37. The maximum atomic E-state index is 14.0. The molecule has 0 spiro atoms. The number of carbonyl (C=O) groups is 3. The lowest BCUT2D eigenvalue weighted by atomic mass is 9.87. The fourth-order valence-corrected chi connectivity index (χ4v) is 5.57. The number of amides is 2. The predicted molar refractivity (Wildman–Crippen MR) is 117 cm³/mol. The Morgan fingerprint density at radius 1 is 1.32 bits per heavy atom. The Labute approximate surface area is 188 Å². The number of carbonyl (C=O) groups excluding carboxylic acids is 3. The summed E-state index contributed by atoms with van der Waals surface area (Å²) in [4.78, 5) is 45.1. The fraction of sp³-hybridized carbons (Fsp3) is 0.455. The molecule has 0 bridgehead atoms. The minimum Gasteiger partial charge on any atom is -0.339 e. The zero-order valence-electron chi connectivity index (χ0n) is 17.1. The fourth-order valence-electron chi connectivity index (χ4n) is 4.38. The van der Waals surface area contributed by atoms with E-state index in [0.29, 0.717) is 17.0 Å². The molecule has 1 aliphatic carbocycles. The molecule has 0 unspecified atom stereocenters. The molecule has 0 saturated carbocycles. The quantitative estimate of drug-likeness (QED) is 0.711. The van der Waals surface area contributed by atoms with Gasteiger partial charge in [0.1, 0.15) is 5.82 Å². The summed E-state index contributed by atoms with van der Waals surface area (Å²) in [5.74, 6) is -2.03. The summed E-state index contributed by atoms with van der Waals surface area (Å²) in [6.07, 6.45) is 4.52. The molecule has 4 rings (SSSR count). The van der Waals surface area contributed by atoms with E-state index in [-0.39, 0.29) is 39.9 Å². The first-order valence-corrected chi connectivity index (χ1v) is 11.7. The number of likely N-dealkylation sites (tertiary alicyclic amines) is 1. The second-order valence-corrected chi connectivity index (χ2v) is 9.37. The number of ketones is 1. The number of thiazole rings is 1. The smallest absolute Gasteiger partial charge is 0.261 e. The van der Waals surface area contributed by atoms with Crippen LogP contribution in [0.15, 0.2) is 18.2 Å². The average Bonchev–Trinajstić information content (AvgIpc) is 3.16. The first-order chi connectivity index (χ1) is 14.9. The van der Waals surface area contributed by atoms with Crippen LogP contribution >= 0.6 is 22.9 Å². The molecule has 1 aromatic carbocycles. The molecular weight excluding hydrogens is 441 g/mol. The minimum absolute atomic E-state index is 0.00688. The SMILES string of the molecule is CC[C@H]1CCCCN1C(=O)[C@@H]1CC(=O)c2sc(NC(=O)c3c(F)cccc3Cl)nc2C1. The van der Waals surface area contributed by atoms with E-state index in [4.69, 9.17) is 11.6 Å². The van der Waals surface area contributed by atoms with E-state index in [1.165, 1.54) is 12.1 Å². The Morgan fingerprint density at radius 2 is 2.13 bits per heavy atom. The molecule has 1 N–H and O–H groups in total. The van der Waals surface area contributed by atoms with E-state index in [0.717, 1.165) is 49.6 Å². The molecule has 1 aromatic heterocycles. The van der Waals surface area contributed by atoms with Crippen LogP contribution in [0.5, 0.6) is 0 Å². The van der Waals surface area contributed by atoms with Crippen molar-refractivity contribution < 1.29 is 18.8 Å². The number of benzene rings is 1. The number of piperidine rings is 1. The van der Waals surface area contributed by atoms with Crippen LogP contribution in [0, 0.1) is 11.7 Å². The Morgan fingerprint density at radius 3 is 2.87 bits per heavy atom. The molecule has 2 atom stereocenters. The average molecular weight is 464 g/mol. The summed E-state index contributed by atoms with van der Waals surface area (Å²) in [6, 6.07) is 4.22. The lowest BCUT2D eigenvalue weighted by Gasteiger charge is -2.38. The Balaban J connectivity index is 1.51. The number of nitrogens with zero attached hydrogens (tertiary/aromatic N) is 2. The van der Waals surface area contributed by atoms with Gasteiger partial charge in [-0.15, -0.1) is 0 Å². The number of hydrogen-bond donors (Lipinski definition) is 1. The molecule has 1 saturated heterocycles. The lowest BCUT2D eigenvalue weighted by molar-refractivity contribution is -0.139. The molecule has 31 heavy (non-hydrogen) atoms. The number of nitrogens with one attached hydrogen (secondary N) is 1. The number of anilines is 1. The largest absolute Gasteiger partial charge is 0.339 e. The number of aromatic nitrogens is 1. The number of rotatable bonds is 4. The van der Waals surface area contributed by atoms with Gasteiger partial charge in [0, 0.05) is 25.4 Å². The van der Waals surface area contributed by atoms with Gasteiger partial charge in [0.05, 0.1) is 27.1 Å². The summed E-state index contributed by atoms with van der Waals surface area (Å²) in [5, 5.41) is 2.73. The van der Waals surface area contributed by atoms with Crippen molar-refractivity contribution in [3.63, 3.8) is 0 Å². The molecule has 6 nitrogen and oxygen atoms in total. The van der Waals surface area contributed by atoms with Gasteiger partial charge < -0.3 is 4.90 Å². The van der Waals surface area contributed by atoms with Crippen molar-refractivity contribution in [2.24, 2.45) is 5.92 Å². The van der Waals surface area contributed by atoms with Gasteiger partial charge in [0.15, 0.2) is 10.9 Å². The topological polar surface area (TPSA) is 79.4 Å². The summed E-state index contributed by atoms with van der Waals surface area (Å²) in [6.45, 7) is 2.81. The molecule has 9 heteroatoms. The van der Waals surface area contributed by atoms with Gasteiger partial charge in [-0.2, -0.15) is 0 Å². The molecule has 1 aliphatic heterocycles. The summed E-state index contributed by atoms with van der Waals surface area (Å²) in [7, 11) is 0. The number of Topliss-reactive ketones (excluding diaryl/α,β-unsaturated/α-hetero) is 1. The van der Waals surface area contributed by atoms with Crippen molar-refractivity contribution in [1.82, 2.24) is 9.88 Å². The van der Waals surface area contributed by atoms with E-state index in [1.54, 1.807) is 0 Å². The van der Waals surface area contributed by atoms with Crippen molar-refractivity contribution in [3.05, 3.63) is 45.2 Å². The molecule has 2 aromatic rings. The zero-order valence-corrected chi connectivity index (χ0v) is 18.7. The Bertz CT molecular complexity index is 1020. The highest BCUT2D eigenvalue weighted by atomic mass is 35.5. The van der Waals surface area contributed by atoms with Crippen LogP contribution in [-0.4, -0.2) is 40.1 Å². The van der Waals surface area contributed by atoms with Gasteiger partial charge in [-0.1, -0.05) is 35.9 Å². The maximum Gasteiger partial charge on any atom is 0.261 e. The third-order valence-corrected chi connectivity index (χ3v) is 7.33.